The smallest absolute Gasteiger partial charge is 0.281 e. The van der Waals surface area contributed by atoms with Crippen LogP contribution in [0.5, 0.6) is 0 Å². The predicted molar refractivity (Wildman–Crippen MR) is 126 cm³/mol. The summed E-state index contributed by atoms with van der Waals surface area (Å²) in [7, 11) is -3.29. The lowest BCUT2D eigenvalue weighted by Gasteiger charge is -2.19. The normalized spacial score (nSPS) is 12.6. The van der Waals surface area contributed by atoms with Gasteiger partial charge in [-0.2, -0.15) is 4.36 Å². The topological polar surface area (TPSA) is 107 Å². The zero-order valence-corrected chi connectivity index (χ0v) is 18.4. The Bertz CT molecular complexity index is 1560. The summed E-state index contributed by atoms with van der Waals surface area (Å²) in [5.41, 5.74) is -0.857. The molecule has 0 atom stereocenters. The van der Waals surface area contributed by atoms with Crippen LogP contribution in [0, 0.1) is 10.1 Å². The summed E-state index contributed by atoms with van der Waals surface area (Å²) in [6, 6.07) is 25.7. The van der Waals surface area contributed by atoms with E-state index in [0.29, 0.717) is 9.79 Å². The Morgan fingerprint density at radius 3 is 1.62 bits per heavy atom. The molecule has 0 saturated carbocycles. The van der Waals surface area contributed by atoms with Crippen molar-refractivity contribution < 1.29 is 18.7 Å². The lowest BCUT2D eigenvalue weighted by Crippen LogP contribution is -2.22. The van der Waals surface area contributed by atoms with Gasteiger partial charge in [-0.3, -0.25) is 19.7 Å². The van der Waals surface area contributed by atoms with Gasteiger partial charge in [0, 0.05) is 17.2 Å². The van der Waals surface area contributed by atoms with Gasteiger partial charge in [-0.25, -0.2) is 4.21 Å². The third-order valence-electron chi connectivity index (χ3n) is 5.58. The van der Waals surface area contributed by atoms with Crippen LogP contribution in [0.1, 0.15) is 31.8 Å². The third-order valence-corrected chi connectivity index (χ3v) is 7.86. The van der Waals surface area contributed by atoms with Crippen LogP contribution in [0.25, 0.3) is 0 Å². The highest BCUT2D eigenvalue weighted by molar-refractivity contribution is 7.93. The number of carbonyl (C=O) groups is 2. The molecule has 0 aromatic heterocycles. The van der Waals surface area contributed by atoms with Crippen molar-refractivity contribution in [1.29, 1.82) is 0 Å². The van der Waals surface area contributed by atoms with E-state index in [9.17, 15) is 23.9 Å². The molecule has 5 rings (SSSR count). The van der Waals surface area contributed by atoms with E-state index in [0.717, 1.165) is 6.07 Å². The van der Waals surface area contributed by atoms with Crippen molar-refractivity contribution in [3.05, 3.63) is 129 Å². The Kier molecular flexibility index (Phi) is 5.14. The van der Waals surface area contributed by atoms with Crippen LogP contribution in [0.2, 0.25) is 0 Å². The number of benzene rings is 4. The number of hydrogen-bond acceptors (Lipinski definition) is 6. The molecule has 0 fully saturated rings. The first-order chi connectivity index (χ1) is 16.4. The molecule has 0 amide bonds. The maximum atomic E-state index is 14.4. The Hall–Kier alpha value is -4.43. The van der Waals surface area contributed by atoms with Crippen LogP contribution in [0.15, 0.2) is 111 Å². The molecule has 0 saturated heterocycles. The van der Waals surface area contributed by atoms with E-state index < -0.39 is 31.9 Å². The van der Waals surface area contributed by atoms with Gasteiger partial charge >= 0.3 is 0 Å². The molecule has 4 aromatic rings. The second kappa shape index (κ2) is 8.17. The maximum absolute atomic E-state index is 14.4. The highest BCUT2D eigenvalue weighted by Crippen LogP contribution is 2.40. The Morgan fingerprint density at radius 1 is 0.647 bits per heavy atom. The van der Waals surface area contributed by atoms with Crippen molar-refractivity contribution in [3.8, 4) is 0 Å². The maximum Gasteiger partial charge on any atom is 0.281 e. The molecule has 7 nitrogen and oxygen atoms in total. The van der Waals surface area contributed by atoms with E-state index in [-0.39, 0.29) is 27.9 Å². The molecule has 34 heavy (non-hydrogen) atoms. The van der Waals surface area contributed by atoms with E-state index in [2.05, 4.69) is 4.36 Å². The lowest BCUT2D eigenvalue weighted by molar-refractivity contribution is -0.385. The minimum atomic E-state index is -3.29. The molecule has 166 valence electrons. The van der Waals surface area contributed by atoms with Gasteiger partial charge in [0.1, 0.15) is 15.3 Å². The Morgan fingerprint density at radius 2 is 1.12 bits per heavy atom. The zero-order valence-electron chi connectivity index (χ0n) is 17.6. The quantitative estimate of drug-likeness (QED) is 0.252. The number of hydrogen-bond donors (Lipinski definition) is 0. The molecule has 0 heterocycles. The number of rotatable bonds is 4. The average Bonchev–Trinajstić information content (AvgIpc) is 2.88. The summed E-state index contributed by atoms with van der Waals surface area (Å²) in [5, 5.41) is 11.7. The average molecular weight is 468 g/mol. The van der Waals surface area contributed by atoms with Crippen LogP contribution in [-0.2, 0) is 9.73 Å². The fourth-order valence-electron chi connectivity index (χ4n) is 4.01. The monoisotopic (exact) mass is 468 g/mol. The van der Waals surface area contributed by atoms with Gasteiger partial charge < -0.3 is 0 Å². The van der Waals surface area contributed by atoms with E-state index in [4.69, 9.17) is 0 Å². The molecule has 0 N–H and O–H groups in total. The summed E-state index contributed by atoms with van der Waals surface area (Å²) in [5.74, 6) is -1.21. The van der Waals surface area contributed by atoms with Gasteiger partial charge in [0.15, 0.2) is 5.78 Å². The summed E-state index contributed by atoms with van der Waals surface area (Å²) in [6.07, 6.45) is 0. The van der Waals surface area contributed by atoms with E-state index in [1.807, 2.05) is 0 Å². The van der Waals surface area contributed by atoms with Gasteiger partial charge in [-0.15, -0.1) is 0 Å². The zero-order chi connectivity index (χ0) is 23.9. The number of nitrogens with zero attached hydrogens (tertiary/aromatic N) is 2. The number of nitro benzene ring substituents is 1. The second-order valence-corrected chi connectivity index (χ2v) is 9.74. The van der Waals surface area contributed by atoms with Crippen LogP contribution < -0.4 is 0 Å². The van der Waals surface area contributed by atoms with Crippen LogP contribution in [-0.4, -0.2) is 20.7 Å². The molecule has 0 radical (unpaired) electrons. The molecule has 0 bridgehead atoms. The highest BCUT2D eigenvalue weighted by atomic mass is 32.2. The third kappa shape index (κ3) is 3.32. The molecule has 1 aliphatic rings. The minimum absolute atomic E-state index is 0.0360. The molecule has 0 aliphatic heterocycles. The van der Waals surface area contributed by atoms with Crippen LogP contribution >= 0.6 is 0 Å². The molecule has 8 heteroatoms. The van der Waals surface area contributed by atoms with Gasteiger partial charge in [-0.1, -0.05) is 60.7 Å². The first-order valence-corrected chi connectivity index (χ1v) is 11.8. The van der Waals surface area contributed by atoms with Crippen molar-refractivity contribution in [2.24, 2.45) is 4.36 Å². The van der Waals surface area contributed by atoms with Gasteiger partial charge in [0.25, 0.3) is 5.69 Å². The number of carbonyl (C=O) groups excluding carboxylic acids is 2. The Labute approximate surface area is 195 Å². The van der Waals surface area contributed by atoms with Crippen LogP contribution in [0.4, 0.5) is 11.4 Å². The lowest BCUT2D eigenvalue weighted by atomic mass is 9.82. The number of ketones is 2. The highest BCUT2D eigenvalue weighted by Gasteiger charge is 2.38. The van der Waals surface area contributed by atoms with Crippen molar-refractivity contribution in [2.75, 3.05) is 0 Å². The molecule has 1 aliphatic carbocycles. The van der Waals surface area contributed by atoms with Crippen molar-refractivity contribution in [1.82, 2.24) is 0 Å². The summed E-state index contributed by atoms with van der Waals surface area (Å²) in [4.78, 5) is 38.6. The molecular weight excluding hydrogens is 452 g/mol. The molecule has 4 aromatic carbocycles. The van der Waals surface area contributed by atoms with E-state index in [1.165, 1.54) is 18.2 Å². The molecular formula is C26H16N2O5S. The summed E-state index contributed by atoms with van der Waals surface area (Å²) >= 11 is 0. The minimum Gasteiger partial charge on any atom is -0.288 e. The first-order valence-electron chi connectivity index (χ1n) is 10.3. The molecule has 0 unspecified atom stereocenters. The van der Waals surface area contributed by atoms with Gasteiger partial charge in [0.05, 0.1) is 26.0 Å². The van der Waals surface area contributed by atoms with Crippen LogP contribution in [0.3, 0.4) is 0 Å². The Balaban J connectivity index is 1.87. The van der Waals surface area contributed by atoms with E-state index in [1.54, 1.807) is 72.8 Å². The SMILES string of the molecule is O=C1c2ccccc2C(=O)c2c([N+](=O)[O-])ccc(N=S(=O)(c3ccccc3)c3ccccc3)c21. The number of nitro groups is 1. The van der Waals surface area contributed by atoms with E-state index >= 15 is 0 Å². The standard InChI is InChI=1S/C26H16N2O5S/c29-25-19-13-7-8-14-20(19)26(30)24-22(28(31)32)16-15-21(23(24)25)27-34(33,17-9-3-1-4-10-17)18-11-5-2-6-12-18/h1-16H. The van der Waals surface area contributed by atoms with Crippen molar-refractivity contribution in [3.63, 3.8) is 0 Å². The summed E-state index contributed by atoms with van der Waals surface area (Å²) in [6.45, 7) is 0. The molecule has 0 spiro atoms. The fourth-order valence-corrected chi connectivity index (χ4v) is 5.97. The summed E-state index contributed by atoms with van der Waals surface area (Å²) < 4.78 is 18.9. The first kappa shape index (κ1) is 21.4. The van der Waals surface area contributed by atoms with Gasteiger partial charge in [0.2, 0.25) is 5.78 Å². The van der Waals surface area contributed by atoms with Crippen molar-refractivity contribution >= 4 is 32.7 Å². The number of fused-ring (bicyclic) bond motifs is 2. The van der Waals surface area contributed by atoms with Gasteiger partial charge in [-0.05, 0) is 30.3 Å². The largest absolute Gasteiger partial charge is 0.288 e. The predicted octanol–water partition coefficient (Wildman–Crippen LogP) is 5.59. The van der Waals surface area contributed by atoms with Crippen molar-refractivity contribution in [2.45, 2.75) is 9.79 Å². The fraction of sp³-hybridized carbons (Fsp3) is 0. The second-order valence-electron chi connectivity index (χ2n) is 7.56.